The molecule has 0 fully saturated rings. The van der Waals surface area contributed by atoms with Gasteiger partial charge >= 0.3 is 0 Å². The second-order valence-corrected chi connectivity index (χ2v) is 4.68. The Morgan fingerprint density at radius 3 is 3.00 bits per heavy atom. The van der Waals surface area contributed by atoms with E-state index in [4.69, 9.17) is 12.2 Å². The molecule has 0 aromatic carbocycles. The Hall–Kier alpha value is -0.520. The molecule has 0 saturated carbocycles. The van der Waals surface area contributed by atoms with Gasteiger partial charge in [0, 0.05) is 16.0 Å². The molecule has 2 aromatic heterocycles. The van der Waals surface area contributed by atoms with E-state index in [9.17, 15) is 0 Å². The van der Waals surface area contributed by atoms with E-state index in [-0.39, 0.29) is 0 Å². The Morgan fingerprint density at radius 1 is 1.54 bits per heavy atom. The highest BCUT2D eigenvalue weighted by Gasteiger charge is 2.01. The van der Waals surface area contributed by atoms with Crippen molar-refractivity contribution in [1.82, 2.24) is 9.97 Å². The molecule has 13 heavy (non-hydrogen) atoms. The minimum atomic E-state index is 0.703. The number of nitrogens with zero attached hydrogens (tertiary/aromatic N) is 1. The zero-order valence-corrected chi connectivity index (χ0v) is 9.67. The molecule has 0 saturated heterocycles. The number of nitrogens with one attached hydrogen (secondary N) is 1. The predicted molar refractivity (Wildman–Crippen MR) is 60.4 cm³/mol. The molecule has 5 heteroatoms. The van der Waals surface area contributed by atoms with Crippen molar-refractivity contribution in [3.8, 4) is 10.7 Å². The van der Waals surface area contributed by atoms with Crippen LogP contribution >= 0.6 is 39.5 Å². The van der Waals surface area contributed by atoms with Gasteiger partial charge in [-0.2, -0.15) is 0 Å². The summed E-state index contributed by atoms with van der Waals surface area (Å²) in [4.78, 5) is 8.30. The lowest BCUT2D eigenvalue weighted by atomic mass is 10.4. The molecule has 0 bridgehead atoms. The van der Waals surface area contributed by atoms with Crippen molar-refractivity contribution in [1.29, 1.82) is 0 Å². The van der Waals surface area contributed by atoms with Crippen LogP contribution in [-0.2, 0) is 0 Å². The second-order valence-electron chi connectivity index (χ2n) is 2.41. The van der Waals surface area contributed by atoms with Crippen molar-refractivity contribution in [3.05, 3.63) is 32.8 Å². The van der Waals surface area contributed by atoms with E-state index in [1.807, 2.05) is 11.4 Å². The summed E-state index contributed by atoms with van der Waals surface area (Å²) >= 11 is 10.0. The molecule has 2 nitrogen and oxygen atoms in total. The van der Waals surface area contributed by atoms with Crippen LogP contribution < -0.4 is 0 Å². The van der Waals surface area contributed by atoms with Crippen molar-refractivity contribution in [3.63, 3.8) is 0 Å². The van der Waals surface area contributed by atoms with Crippen LogP contribution in [0.2, 0.25) is 0 Å². The van der Waals surface area contributed by atoms with Gasteiger partial charge in [0.15, 0.2) is 0 Å². The zero-order valence-electron chi connectivity index (χ0n) is 6.45. The fourth-order valence-electron chi connectivity index (χ4n) is 0.933. The molecule has 66 valence electrons. The fraction of sp³-hybridized carbons (Fsp3) is 0. The number of hydrogen-bond donors (Lipinski definition) is 1. The summed E-state index contributed by atoms with van der Waals surface area (Å²) in [6.45, 7) is 0. The average molecular weight is 273 g/mol. The molecule has 2 heterocycles. The molecule has 2 aromatic rings. The van der Waals surface area contributed by atoms with Gasteiger partial charge in [-0.05, 0) is 28.1 Å². The molecule has 0 atom stereocenters. The maximum absolute atomic E-state index is 5.00. The van der Waals surface area contributed by atoms with E-state index in [1.165, 1.54) is 0 Å². The molecule has 0 spiro atoms. The third-order valence-electron chi connectivity index (χ3n) is 1.47. The highest BCUT2D eigenvalue weighted by molar-refractivity contribution is 9.10. The van der Waals surface area contributed by atoms with Gasteiger partial charge in [-0.3, -0.25) is 0 Å². The Kier molecular flexibility index (Phi) is 2.57. The van der Waals surface area contributed by atoms with Gasteiger partial charge in [-0.15, -0.1) is 11.3 Å². The maximum atomic E-state index is 5.00. The summed E-state index contributed by atoms with van der Waals surface area (Å²) in [6, 6.07) is 3.78. The first-order chi connectivity index (χ1) is 6.25. The van der Waals surface area contributed by atoms with E-state index < -0.39 is 0 Å². The van der Waals surface area contributed by atoms with Gasteiger partial charge in [0.1, 0.15) is 10.5 Å². The molecule has 1 N–H and O–H groups in total. The first kappa shape index (κ1) is 9.05. The van der Waals surface area contributed by atoms with E-state index in [2.05, 4.69) is 25.9 Å². The third kappa shape index (κ3) is 2.04. The summed E-state index contributed by atoms with van der Waals surface area (Å²) in [6.07, 6.45) is 1.71. The highest BCUT2D eigenvalue weighted by Crippen LogP contribution is 2.26. The summed E-state index contributed by atoms with van der Waals surface area (Å²) in [5, 5.41) is 2.01. The SMILES string of the molecule is S=c1ccnc(-c2cc(Br)cs2)[nH]1. The second kappa shape index (κ2) is 3.69. The third-order valence-corrected chi connectivity index (χ3v) is 3.41. The lowest BCUT2D eigenvalue weighted by Gasteiger charge is -1.94. The van der Waals surface area contributed by atoms with Gasteiger partial charge < -0.3 is 4.98 Å². The van der Waals surface area contributed by atoms with Crippen LogP contribution in [0.25, 0.3) is 10.7 Å². The Labute approximate surface area is 92.8 Å². The van der Waals surface area contributed by atoms with Gasteiger partial charge in [-0.1, -0.05) is 12.2 Å². The van der Waals surface area contributed by atoms with E-state index in [0.29, 0.717) is 4.64 Å². The molecule has 0 aliphatic carbocycles. The number of rotatable bonds is 1. The van der Waals surface area contributed by atoms with Crippen LogP contribution in [0.3, 0.4) is 0 Å². The number of aromatic amines is 1. The quantitative estimate of drug-likeness (QED) is 0.804. The minimum absolute atomic E-state index is 0.703. The number of halogens is 1. The Bertz CT molecular complexity index is 475. The summed E-state index contributed by atoms with van der Waals surface area (Å²) in [5.41, 5.74) is 0. The van der Waals surface area contributed by atoms with Crippen LogP contribution in [0.1, 0.15) is 0 Å². The van der Waals surface area contributed by atoms with Crippen LogP contribution in [0.5, 0.6) is 0 Å². The number of hydrogen-bond acceptors (Lipinski definition) is 3. The largest absolute Gasteiger partial charge is 0.330 e. The Balaban J connectivity index is 2.52. The topological polar surface area (TPSA) is 28.7 Å². The molecule has 0 amide bonds. The van der Waals surface area contributed by atoms with Crippen molar-refractivity contribution < 1.29 is 0 Å². The monoisotopic (exact) mass is 272 g/mol. The van der Waals surface area contributed by atoms with Gasteiger partial charge in [0.2, 0.25) is 0 Å². The average Bonchev–Trinajstić information content (AvgIpc) is 2.52. The standard InChI is InChI=1S/C8H5BrN2S2/c9-5-3-6(13-4-5)8-10-2-1-7(12)11-8/h1-4H,(H,10,11,12). The first-order valence-corrected chi connectivity index (χ1v) is 5.63. The van der Waals surface area contributed by atoms with Crippen LogP contribution in [-0.4, -0.2) is 9.97 Å². The molecule has 0 aliphatic rings. The lowest BCUT2D eigenvalue weighted by molar-refractivity contribution is 1.17. The molecule has 0 radical (unpaired) electrons. The summed E-state index contributed by atoms with van der Waals surface area (Å²) in [7, 11) is 0. The van der Waals surface area contributed by atoms with Crippen LogP contribution in [0, 0.1) is 4.64 Å². The highest BCUT2D eigenvalue weighted by atomic mass is 79.9. The summed E-state index contributed by atoms with van der Waals surface area (Å²) < 4.78 is 1.77. The van der Waals surface area contributed by atoms with E-state index >= 15 is 0 Å². The van der Waals surface area contributed by atoms with Crippen molar-refractivity contribution in [2.45, 2.75) is 0 Å². The van der Waals surface area contributed by atoms with Gasteiger partial charge in [0.25, 0.3) is 0 Å². The molecule has 0 unspecified atom stereocenters. The number of H-pyrrole nitrogens is 1. The van der Waals surface area contributed by atoms with E-state index in [1.54, 1.807) is 23.6 Å². The number of thiophene rings is 1. The molecular weight excluding hydrogens is 268 g/mol. The maximum Gasteiger partial charge on any atom is 0.148 e. The van der Waals surface area contributed by atoms with Gasteiger partial charge in [0.05, 0.1) is 4.88 Å². The molecular formula is C8H5BrN2S2. The molecule has 0 aliphatic heterocycles. The van der Waals surface area contributed by atoms with E-state index in [0.717, 1.165) is 15.2 Å². The predicted octanol–water partition coefficient (Wildman–Crippen LogP) is 3.63. The fourth-order valence-corrected chi connectivity index (χ4v) is 2.47. The minimum Gasteiger partial charge on any atom is -0.330 e. The zero-order chi connectivity index (χ0) is 9.26. The Morgan fingerprint density at radius 2 is 2.38 bits per heavy atom. The normalized spacial score (nSPS) is 10.2. The van der Waals surface area contributed by atoms with Crippen molar-refractivity contribution in [2.24, 2.45) is 0 Å². The van der Waals surface area contributed by atoms with Crippen LogP contribution in [0.4, 0.5) is 0 Å². The lowest BCUT2D eigenvalue weighted by Crippen LogP contribution is -1.84. The first-order valence-electron chi connectivity index (χ1n) is 3.55. The van der Waals surface area contributed by atoms with Crippen LogP contribution in [0.15, 0.2) is 28.2 Å². The number of aromatic nitrogens is 2. The molecule has 2 rings (SSSR count). The van der Waals surface area contributed by atoms with Crippen molar-refractivity contribution >= 4 is 39.5 Å². The van der Waals surface area contributed by atoms with Gasteiger partial charge in [-0.25, -0.2) is 4.98 Å². The smallest absolute Gasteiger partial charge is 0.148 e. The summed E-state index contributed by atoms with van der Waals surface area (Å²) in [5.74, 6) is 0.822. The van der Waals surface area contributed by atoms with Crippen molar-refractivity contribution in [2.75, 3.05) is 0 Å².